The molecule has 0 aromatic rings. The van der Waals surface area contributed by atoms with E-state index in [0.29, 0.717) is 5.92 Å². The second-order valence-corrected chi connectivity index (χ2v) is 5.75. The number of piperidine rings is 1. The zero-order valence-corrected chi connectivity index (χ0v) is 10.8. The minimum atomic E-state index is -0.415. The Morgan fingerprint density at radius 1 is 1.38 bits per heavy atom. The van der Waals surface area contributed by atoms with Gasteiger partial charge in [0.25, 0.3) is 0 Å². The van der Waals surface area contributed by atoms with Crippen molar-refractivity contribution < 1.29 is 9.59 Å². The van der Waals surface area contributed by atoms with E-state index < -0.39 is 5.60 Å². The van der Waals surface area contributed by atoms with Crippen molar-refractivity contribution in [1.29, 1.82) is 0 Å². The highest BCUT2D eigenvalue weighted by atomic mass is 16.3. The van der Waals surface area contributed by atoms with Gasteiger partial charge in [-0.05, 0) is 33.3 Å². The van der Waals surface area contributed by atoms with Crippen molar-refractivity contribution in [2.45, 2.75) is 51.6 Å². The fourth-order valence-corrected chi connectivity index (χ4v) is 3.79. The Morgan fingerprint density at radius 3 is 2.69 bits per heavy atom. The molecule has 1 aliphatic carbocycles. The number of aliphatic hydroxyl groups is 1. The second-order valence-electron chi connectivity index (χ2n) is 5.75. The lowest BCUT2D eigenvalue weighted by atomic mass is 9.69. The molecule has 1 saturated carbocycles. The number of rotatable bonds is 2. The van der Waals surface area contributed by atoms with Gasteiger partial charge < -0.3 is 5.11 Å². The minimum Gasteiger partial charge on any atom is -0.389 e. The zero-order chi connectivity index (χ0) is 11.8. The molecule has 0 bridgehead atoms. The predicted octanol–water partition coefficient (Wildman–Crippen LogP) is 2.68. The van der Waals surface area contributed by atoms with Crippen LogP contribution in [-0.2, 0) is 0 Å². The Bertz CT molecular complexity index is 282. The van der Waals surface area contributed by atoms with E-state index in [1.807, 2.05) is 0 Å². The third-order valence-electron chi connectivity index (χ3n) is 5.13. The van der Waals surface area contributed by atoms with E-state index in [0.717, 1.165) is 37.0 Å². The van der Waals surface area contributed by atoms with Crippen molar-refractivity contribution in [3.05, 3.63) is 12.3 Å². The number of fused-ring (bicyclic) bond motifs is 1. The zero-order valence-electron chi connectivity index (χ0n) is 10.8. The Balaban J connectivity index is 2.23. The van der Waals surface area contributed by atoms with E-state index in [1.54, 1.807) is 0 Å². The molecular formula is C14H26NO+. The van der Waals surface area contributed by atoms with Gasteiger partial charge in [0.1, 0.15) is 5.70 Å². The normalized spacial score (nSPS) is 38.2. The third kappa shape index (κ3) is 1.72. The molecule has 2 aliphatic rings. The van der Waals surface area contributed by atoms with E-state index in [-0.39, 0.29) is 0 Å². The molecule has 0 spiro atoms. The van der Waals surface area contributed by atoms with Crippen LogP contribution >= 0.6 is 0 Å². The molecule has 1 saturated heterocycles. The Kier molecular flexibility index (Phi) is 3.15. The fourth-order valence-electron chi connectivity index (χ4n) is 3.79. The van der Waals surface area contributed by atoms with Crippen molar-refractivity contribution >= 4 is 0 Å². The summed E-state index contributed by atoms with van der Waals surface area (Å²) < 4.78 is 1.03. The molecule has 0 radical (unpaired) electrons. The molecule has 1 N–H and O–H groups in total. The first-order chi connectivity index (χ1) is 7.56. The first kappa shape index (κ1) is 12.1. The van der Waals surface area contributed by atoms with Gasteiger partial charge in [-0.3, -0.25) is 4.48 Å². The van der Waals surface area contributed by atoms with Crippen LogP contribution < -0.4 is 0 Å². The maximum Gasteiger partial charge on any atom is 0.104 e. The van der Waals surface area contributed by atoms with Gasteiger partial charge in [0.05, 0.1) is 31.7 Å². The summed E-state index contributed by atoms with van der Waals surface area (Å²) in [6.45, 7) is 12.1. The number of likely N-dealkylation sites (tertiary alicyclic amines) is 1. The van der Waals surface area contributed by atoms with Gasteiger partial charge in [-0.25, -0.2) is 0 Å². The first-order valence-corrected chi connectivity index (χ1v) is 6.83. The highest BCUT2D eigenvalue weighted by Crippen LogP contribution is 2.45. The summed E-state index contributed by atoms with van der Waals surface area (Å²) in [6.07, 6.45) is 5.53. The SMILES string of the molecule is C=C1C[C@@]2(O)CCCC[C@@H]2C[N+]1(CC)CC. The van der Waals surface area contributed by atoms with E-state index in [2.05, 4.69) is 20.4 Å². The molecule has 2 fully saturated rings. The molecule has 1 aliphatic heterocycles. The molecule has 2 heteroatoms. The minimum absolute atomic E-state index is 0.415. The van der Waals surface area contributed by atoms with Crippen LogP contribution in [0.5, 0.6) is 0 Å². The van der Waals surface area contributed by atoms with Gasteiger partial charge in [-0.15, -0.1) is 0 Å². The van der Waals surface area contributed by atoms with Gasteiger partial charge in [0.2, 0.25) is 0 Å². The van der Waals surface area contributed by atoms with Crippen molar-refractivity contribution in [2.75, 3.05) is 19.6 Å². The Hall–Kier alpha value is -0.340. The lowest BCUT2D eigenvalue weighted by Gasteiger charge is -2.52. The molecule has 0 unspecified atom stereocenters. The Labute approximate surface area is 99.5 Å². The quantitative estimate of drug-likeness (QED) is 0.715. The lowest BCUT2D eigenvalue weighted by molar-refractivity contribution is -0.900. The van der Waals surface area contributed by atoms with Crippen molar-refractivity contribution in [3.63, 3.8) is 0 Å². The highest BCUT2D eigenvalue weighted by Gasteiger charge is 2.50. The van der Waals surface area contributed by atoms with Crippen LogP contribution in [0.3, 0.4) is 0 Å². The van der Waals surface area contributed by atoms with Gasteiger partial charge in [0.15, 0.2) is 0 Å². The van der Waals surface area contributed by atoms with Crippen molar-refractivity contribution in [2.24, 2.45) is 5.92 Å². The molecule has 1 heterocycles. The van der Waals surface area contributed by atoms with Gasteiger partial charge in [-0.1, -0.05) is 12.8 Å². The summed E-state index contributed by atoms with van der Waals surface area (Å²) in [5.41, 5.74) is 0.840. The molecule has 2 nitrogen and oxygen atoms in total. The van der Waals surface area contributed by atoms with Crippen LogP contribution in [0.2, 0.25) is 0 Å². The van der Waals surface area contributed by atoms with Crippen LogP contribution in [-0.4, -0.2) is 34.8 Å². The van der Waals surface area contributed by atoms with Gasteiger partial charge >= 0.3 is 0 Å². The molecule has 92 valence electrons. The van der Waals surface area contributed by atoms with Crippen LogP contribution in [0.4, 0.5) is 0 Å². The fraction of sp³-hybridized carbons (Fsp3) is 0.857. The molecule has 0 aromatic carbocycles. The molecule has 16 heavy (non-hydrogen) atoms. The summed E-state index contributed by atoms with van der Waals surface area (Å²) in [5, 5.41) is 10.7. The van der Waals surface area contributed by atoms with E-state index >= 15 is 0 Å². The summed E-state index contributed by atoms with van der Waals surface area (Å²) in [7, 11) is 0. The maximum absolute atomic E-state index is 10.7. The Morgan fingerprint density at radius 2 is 2.06 bits per heavy atom. The number of nitrogens with zero attached hydrogens (tertiary/aromatic N) is 1. The number of hydrogen-bond acceptors (Lipinski definition) is 1. The number of quaternary nitrogens is 1. The lowest BCUT2D eigenvalue weighted by Crippen LogP contribution is -2.61. The average molecular weight is 224 g/mol. The van der Waals surface area contributed by atoms with Crippen LogP contribution in [0.1, 0.15) is 46.0 Å². The first-order valence-electron chi connectivity index (χ1n) is 6.83. The van der Waals surface area contributed by atoms with Crippen LogP contribution in [0, 0.1) is 5.92 Å². The molecular weight excluding hydrogens is 198 g/mol. The van der Waals surface area contributed by atoms with Gasteiger partial charge in [-0.2, -0.15) is 0 Å². The number of hydrogen-bond donors (Lipinski definition) is 1. The standard InChI is InChI=1S/C14H26NO/c1-4-15(5-2)11-13-8-6-7-9-14(13,16)10-12(15)3/h13,16H,3-11H2,1-2H3/q+1/t13-,14+/m1/s1. The maximum atomic E-state index is 10.7. The van der Waals surface area contributed by atoms with Crippen molar-refractivity contribution in [3.8, 4) is 0 Å². The van der Waals surface area contributed by atoms with E-state index in [4.69, 9.17) is 0 Å². The summed E-state index contributed by atoms with van der Waals surface area (Å²) in [5.74, 6) is 0.506. The molecule has 0 aromatic heterocycles. The summed E-state index contributed by atoms with van der Waals surface area (Å²) in [4.78, 5) is 0. The monoisotopic (exact) mass is 224 g/mol. The average Bonchev–Trinajstić information content (AvgIpc) is 2.28. The smallest absolute Gasteiger partial charge is 0.104 e. The molecule has 2 rings (SSSR count). The van der Waals surface area contributed by atoms with E-state index in [9.17, 15) is 5.11 Å². The predicted molar refractivity (Wildman–Crippen MR) is 66.9 cm³/mol. The molecule has 2 atom stereocenters. The van der Waals surface area contributed by atoms with Crippen LogP contribution in [0.15, 0.2) is 12.3 Å². The highest BCUT2D eigenvalue weighted by molar-refractivity contribution is 5.04. The summed E-state index contributed by atoms with van der Waals surface area (Å²) in [6, 6.07) is 0. The molecule has 0 amide bonds. The largest absolute Gasteiger partial charge is 0.389 e. The topological polar surface area (TPSA) is 20.2 Å². The van der Waals surface area contributed by atoms with Crippen molar-refractivity contribution in [1.82, 2.24) is 0 Å². The second kappa shape index (κ2) is 4.15. The van der Waals surface area contributed by atoms with Crippen LogP contribution in [0.25, 0.3) is 0 Å². The summed E-state index contributed by atoms with van der Waals surface area (Å²) >= 11 is 0. The van der Waals surface area contributed by atoms with E-state index in [1.165, 1.54) is 25.0 Å². The van der Waals surface area contributed by atoms with Gasteiger partial charge in [0, 0.05) is 5.92 Å². The third-order valence-corrected chi connectivity index (χ3v) is 5.13.